The first-order chi connectivity index (χ1) is 21.8. The van der Waals surface area contributed by atoms with Crippen molar-refractivity contribution < 1.29 is 107 Å². The zero-order valence-electron chi connectivity index (χ0n) is 24.3. The molecular formula is C23H39NO22S. The molecule has 0 radical (unpaired) electrons. The summed E-state index contributed by atoms with van der Waals surface area (Å²) in [4.78, 5) is 24.4. The van der Waals surface area contributed by atoms with Gasteiger partial charge >= 0.3 is 16.4 Å². The zero-order chi connectivity index (χ0) is 35.6. The molecule has 0 aliphatic carbocycles. The Bertz CT molecular complexity index is 1180. The number of aliphatic hydroxyl groups excluding tert-OH is 10. The highest BCUT2D eigenvalue weighted by Crippen LogP contribution is 2.38. The van der Waals surface area contributed by atoms with E-state index in [1.807, 2.05) is 0 Å². The van der Waals surface area contributed by atoms with Gasteiger partial charge in [-0.3, -0.25) is 9.35 Å². The maximum Gasteiger partial charge on any atom is 0.397 e. The molecule has 23 nitrogen and oxygen atoms in total. The first-order valence-electron chi connectivity index (χ1n) is 13.9. The summed E-state index contributed by atoms with van der Waals surface area (Å²) in [5.41, 5.74) is 0. The van der Waals surface area contributed by atoms with Gasteiger partial charge in [0, 0.05) is 13.3 Å². The maximum absolute atomic E-state index is 12.6. The highest BCUT2D eigenvalue weighted by Gasteiger charge is 2.60. The molecule has 0 spiro atoms. The SMILES string of the molecule is CC(=O)N[C@H]1[C@H]([C@@H](O)C(O)CO)O[C@](OC2[C@@H](O)[C@H](OC3[C@@H](O)[C@@H](O)C(O)O[C@@H]3CO)O[C@H](COS(=O)(=O)O)[C@H]2O)(C(=O)O)C[C@@H]1O. The van der Waals surface area contributed by atoms with E-state index in [0.717, 1.165) is 6.92 Å². The summed E-state index contributed by atoms with van der Waals surface area (Å²) in [6.45, 7) is -2.32. The molecule has 1 amide bonds. The molecule has 3 saturated heterocycles. The summed E-state index contributed by atoms with van der Waals surface area (Å²) in [7, 11) is -5.21. The molecule has 0 saturated carbocycles. The number of aliphatic hydroxyl groups is 10. The lowest BCUT2D eigenvalue weighted by atomic mass is 9.88. The molecule has 3 aliphatic rings. The van der Waals surface area contributed by atoms with Gasteiger partial charge in [0.1, 0.15) is 67.1 Å². The number of rotatable bonds is 13. The predicted octanol–water partition coefficient (Wildman–Crippen LogP) is -8.40. The lowest BCUT2D eigenvalue weighted by molar-refractivity contribution is -0.384. The number of carboxylic acid groups (broad SMARTS) is 1. The van der Waals surface area contributed by atoms with Crippen LogP contribution in [0.1, 0.15) is 13.3 Å². The molecule has 274 valence electrons. The Balaban J connectivity index is 2.02. The van der Waals surface area contributed by atoms with E-state index in [1.165, 1.54) is 0 Å². The Labute approximate surface area is 265 Å². The van der Waals surface area contributed by atoms with E-state index in [4.69, 9.17) is 28.2 Å². The van der Waals surface area contributed by atoms with E-state index in [1.54, 1.807) is 0 Å². The van der Waals surface area contributed by atoms with Crippen molar-refractivity contribution in [1.82, 2.24) is 5.32 Å². The van der Waals surface area contributed by atoms with Crippen LogP contribution < -0.4 is 5.32 Å². The predicted molar refractivity (Wildman–Crippen MR) is 140 cm³/mol. The van der Waals surface area contributed by atoms with Gasteiger partial charge in [0.25, 0.3) is 5.79 Å². The first kappa shape index (κ1) is 39.6. The van der Waals surface area contributed by atoms with Crippen LogP contribution in [0, 0.1) is 0 Å². The molecule has 3 heterocycles. The summed E-state index contributed by atoms with van der Waals surface area (Å²) in [5, 5.41) is 115. The number of hydrogen-bond acceptors (Lipinski definition) is 20. The topological polar surface area (TPSA) is 378 Å². The lowest BCUT2D eigenvalue weighted by Gasteiger charge is -2.50. The number of carbonyl (C=O) groups excluding carboxylic acids is 1. The molecule has 0 bridgehead atoms. The Morgan fingerprint density at radius 3 is 2.13 bits per heavy atom. The summed E-state index contributed by atoms with van der Waals surface area (Å²) in [6.07, 6.45) is -30.0. The summed E-state index contributed by atoms with van der Waals surface area (Å²) in [5.74, 6) is -6.04. The van der Waals surface area contributed by atoms with Crippen LogP contribution in [0.3, 0.4) is 0 Å². The fourth-order valence-electron chi connectivity index (χ4n) is 5.30. The van der Waals surface area contributed by atoms with Crippen molar-refractivity contribution in [3.05, 3.63) is 0 Å². The standard InChI is InChI=1S/C23H39NO22S/c1-6(27)24-11-7(28)2-23(22(36)37,45-18(11)12(30)8(29)3-25)46-19-13(31)10(5-41-47(38,39)40)43-21(16(19)34)44-17-9(4-26)42-20(35)15(33)14(17)32/h7-21,25-26,28-35H,2-5H2,1H3,(H,24,27)(H,36,37)(H,38,39,40)/t7-,8?,9+,10+,11+,12-,13+,14-,15+,16+,17?,18+,19?,20?,21-,23+/m0/s1. The van der Waals surface area contributed by atoms with Gasteiger partial charge in [-0.1, -0.05) is 0 Å². The lowest BCUT2D eigenvalue weighted by Crippen LogP contribution is -2.71. The van der Waals surface area contributed by atoms with Gasteiger partial charge in [0.05, 0.1) is 32.0 Å². The van der Waals surface area contributed by atoms with Crippen molar-refractivity contribution in [2.24, 2.45) is 0 Å². The van der Waals surface area contributed by atoms with Gasteiger partial charge < -0.3 is 85.2 Å². The number of carbonyl (C=O) groups is 2. The number of carboxylic acids is 1. The molecule has 16 atom stereocenters. The zero-order valence-corrected chi connectivity index (χ0v) is 25.2. The van der Waals surface area contributed by atoms with Crippen LogP contribution in [-0.2, 0) is 47.9 Å². The van der Waals surface area contributed by atoms with Crippen LogP contribution in [0.4, 0.5) is 0 Å². The number of ether oxygens (including phenoxy) is 5. The Kier molecular flexibility index (Phi) is 13.4. The molecule has 3 fully saturated rings. The number of nitrogens with one attached hydrogen (secondary N) is 1. The van der Waals surface area contributed by atoms with Crippen molar-refractivity contribution in [2.75, 3.05) is 19.8 Å². The van der Waals surface area contributed by atoms with Crippen LogP contribution in [0.5, 0.6) is 0 Å². The van der Waals surface area contributed by atoms with Crippen molar-refractivity contribution in [1.29, 1.82) is 0 Å². The number of aliphatic carboxylic acids is 1. The molecule has 0 aromatic heterocycles. The van der Waals surface area contributed by atoms with E-state index in [9.17, 15) is 74.2 Å². The largest absolute Gasteiger partial charge is 0.477 e. The highest BCUT2D eigenvalue weighted by atomic mass is 32.3. The summed E-state index contributed by atoms with van der Waals surface area (Å²) in [6, 6.07) is -1.62. The third-order valence-corrected chi connectivity index (χ3v) is 8.10. The van der Waals surface area contributed by atoms with Crippen LogP contribution in [0.2, 0.25) is 0 Å². The van der Waals surface area contributed by atoms with Crippen molar-refractivity contribution in [2.45, 2.75) is 111 Å². The van der Waals surface area contributed by atoms with E-state index in [0.29, 0.717) is 0 Å². The van der Waals surface area contributed by atoms with E-state index < -0.39 is 146 Å². The van der Waals surface area contributed by atoms with Gasteiger partial charge in [-0.2, -0.15) is 8.42 Å². The van der Waals surface area contributed by atoms with Gasteiger partial charge in [-0.15, -0.1) is 0 Å². The minimum absolute atomic E-state index is 0.804. The molecule has 24 heteroatoms. The second-order valence-electron chi connectivity index (χ2n) is 11.0. The average Bonchev–Trinajstić information content (AvgIpc) is 2.99. The first-order valence-corrected chi connectivity index (χ1v) is 15.2. The van der Waals surface area contributed by atoms with Gasteiger partial charge in [0.15, 0.2) is 12.6 Å². The second-order valence-corrected chi connectivity index (χ2v) is 12.1. The van der Waals surface area contributed by atoms with Gasteiger partial charge in [-0.25, -0.2) is 8.98 Å². The maximum atomic E-state index is 12.6. The summed E-state index contributed by atoms with van der Waals surface area (Å²) >= 11 is 0. The molecule has 3 rings (SSSR count). The van der Waals surface area contributed by atoms with Crippen LogP contribution in [-0.4, -0.2) is 198 Å². The molecule has 0 aromatic carbocycles. The number of amides is 1. The van der Waals surface area contributed by atoms with Gasteiger partial charge in [0.2, 0.25) is 5.91 Å². The second kappa shape index (κ2) is 15.8. The normalized spacial score (nSPS) is 42.8. The Hall–Kier alpha value is -1.79. The molecule has 13 N–H and O–H groups in total. The quantitative estimate of drug-likeness (QED) is 0.0788. The highest BCUT2D eigenvalue weighted by molar-refractivity contribution is 7.80. The average molecular weight is 714 g/mol. The van der Waals surface area contributed by atoms with E-state index in [-0.39, 0.29) is 0 Å². The van der Waals surface area contributed by atoms with Crippen molar-refractivity contribution in [3.63, 3.8) is 0 Å². The van der Waals surface area contributed by atoms with Crippen molar-refractivity contribution in [3.8, 4) is 0 Å². The minimum Gasteiger partial charge on any atom is -0.477 e. The smallest absolute Gasteiger partial charge is 0.397 e. The molecule has 4 unspecified atom stereocenters. The molecule has 3 aliphatic heterocycles. The molecule has 0 aromatic rings. The molecule has 47 heavy (non-hydrogen) atoms. The fraction of sp³-hybridized carbons (Fsp3) is 0.913. The van der Waals surface area contributed by atoms with E-state index in [2.05, 4.69) is 9.50 Å². The monoisotopic (exact) mass is 713 g/mol. The third kappa shape index (κ3) is 9.07. The Morgan fingerprint density at radius 1 is 0.957 bits per heavy atom. The Morgan fingerprint density at radius 2 is 1.60 bits per heavy atom. The fourth-order valence-corrected chi connectivity index (χ4v) is 5.61. The van der Waals surface area contributed by atoms with Gasteiger partial charge in [-0.05, 0) is 0 Å². The number of hydrogen-bond donors (Lipinski definition) is 13. The van der Waals surface area contributed by atoms with Crippen molar-refractivity contribution >= 4 is 22.3 Å². The minimum atomic E-state index is -5.21. The van der Waals surface area contributed by atoms with Crippen LogP contribution in [0.15, 0.2) is 0 Å². The van der Waals surface area contributed by atoms with Crippen LogP contribution >= 0.6 is 0 Å². The van der Waals surface area contributed by atoms with E-state index >= 15 is 0 Å². The van der Waals surface area contributed by atoms with Crippen LogP contribution in [0.25, 0.3) is 0 Å². The third-order valence-electron chi connectivity index (χ3n) is 7.67. The summed E-state index contributed by atoms with van der Waals surface area (Å²) < 4.78 is 62.5. The molecular weight excluding hydrogens is 674 g/mol.